The average Bonchev–Trinajstić information content (AvgIpc) is 2.36. The zero-order chi connectivity index (χ0) is 14.0. The molecule has 19 heavy (non-hydrogen) atoms. The van der Waals surface area contributed by atoms with Crippen molar-refractivity contribution in [2.45, 2.75) is 33.6 Å². The van der Waals surface area contributed by atoms with Crippen LogP contribution in [-0.2, 0) is 0 Å². The summed E-state index contributed by atoms with van der Waals surface area (Å²) in [5, 5.41) is 0. The third-order valence-corrected chi connectivity index (χ3v) is 4.02. The lowest BCUT2D eigenvalue weighted by Gasteiger charge is -2.24. The second-order valence-corrected chi connectivity index (χ2v) is 5.40. The molecule has 0 aliphatic carbocycles. The first-order valence-corrected chi connectivity index (χ1v) is 6.88. The van der Waals surface area contributed by atoms with E-state index < -0.39 is 0 Å². The molecule has 2 rings (SSSR count). The van der Waals surface area contributed by atoms with Crippen LogP contribution in [0.15, 0.2) is 36.4 Å². The number of rotatable bonds is 3. The molecule has 2 N–H and O–H groups in total. The van der Waals surface area contributed by atoms with Crippen molar-refractivity contribution in [2.24, 2.45) is 5.73 Å². The number of nitrogens with two attached hydrogens (primary N) is 1. The molecule has 2 aromatic rings. The molecule has 2 aromatic carbocycles. The first-order valence-electron chi connectivity index (χ1n) is 6.88. The molecular formula is C18H23N. The Bertz CT molecular complexity index is 492. The van der Waals surface area contributed by atoms with Gasteiger partial charge in [-0.2, -0.15) is 0 Å². The Hall–Kier alpha value is -1.60. The van der Waals surface area contributed by atoms with Gasteiger partial charge in [-0.25, -0.2) is 0 Å². The van der Waals surface area contributed by atoms with Crippen LogP contribution < -0.4 is 5.73 Å². The third kappa shape index (κ3) is 2.57. The van der Waals surface area contributed by atoms with Gasteiger partial charge in [-0.3, -0.25) is 0 Å². The highest BCUT2D eigenvalue weighted by Crippen LogP contribution is 2.32. The highest BCUT2D eigenvalue weighted by atomic mass is 14.6. The van der Waals surface area contributed by atoms with E-state index in [1.165, 1.54) is 33.4 Å². The molecule has 0 saturated carbocycles. The van der Waals surface area contributed by atoms with Crippen LogP contribution in [0.3, 0.4) is 0 Å². The second-order valence-electron chi connectivity index (χ2n) is 5.40. The molecule has 0 spiro atoms. The maximum atomic E-state index is 6.11. The van der Waals surface area contributed by atoms with Gasteiger partial charge in [0.25, 0.3) is 0 Å². The van der Waals surface area contributed by atoms with Crippen molar-refractivity contribution < 1.29 is 0 Å². The van der Waals surface area contributed by atoms with E-state index in [-0.39, 0.29) is 0 Å². The van der Waals surface area contributed by atoms with E-state index >= 15 is 0 Å². The molecule has 0 aliphatic rings. The monoisotopic (exact) mass is 253 g/mol. The average molecular weight is 253 g/mol. The van der Waals surface area contributed by atoms with E-state index in [1.807, 2.05) is 0 Å². The van der Waals surface area contributed by atoms with E-state index in [1.54, 1.807) is 0 Å². The smallest absolute Gasteiger partial charge is 0.0223 e. The van der Waals surface area contributed by atoms with Crippen LogP contribution in [-0.4, -0.2) is 6.54 Å². The summed E-state index contributed by atoms with van der Waals surface area (Å²) in [5.41, 5.74) is 14.2. The van der Waals surface area contributed by atoms with Gasteiger partial charge in [0.2, 0.25) is 0 Å². The van der Waals surface area contributed by atoms with E-state index in [0.29, 0.717) is 12.5 Å². The number of hydrogen-bond donors (Lipinski definition) is 1. The lowest BCUT2D eigenvalue weighted by atomic mass is 9.82. The minimum atomic E-state index is 0.294. The first kappa shape index (κ1) is 13.8. The van der Waals surface area contributed by atoms with Crippen molar-refractivity contribution in [3.8, 4) is 0 Å². The fourth-order valence-corrected chi connectivity index (χ4v) is 3.13. The van der Waals surface area contributed by atoms with Crippen LogP contribution in [0.5, 0.6) is 0 Å². The summed E-state index contributed by atoms with van der Waals surface area (Å²) in [7, 11) is 0. The fourth-order valence-electron chi connectivity index (χ4n) is 3.13. The van der Waals surface area contributed by atoms with Gasteiger partial charge in [-0.15, -0.1) is 0 Å². The van der Waals surface area contributed by atoms with Crippen LogP contribution in [0.2, 0.25) is 0 Å². The summed E-state index contributed by atoms with van der Waals surface area (Å²) < 4.78 is 0. The molecule has 0 heterocycles. The molecule has 100 valence electrons. The highest BCUT2D eigenvalue weighted by molar-refractivity contribution is 5.47. The Kier molecular flexibility index (Phi) is 4.06. The summed E-state index contributed by atoms with van der Waals surface area (Å²) in [6.45, 7) is 9.37. The predicted molar refractivity (Wildman–Crippen MR) is 82.7 cm³/mol. The SMILES string of the molecule is Cc1cccc(C)c1C(CN)c1c(C)cccc1C. The van der Waals surface area contributed by atoms with E-state index in [4.69, 9.17) is 5.73 Å². The van der Waals surface area contributed by atoms with Gasteiger partial charge >= 0.3 is 0 Å². The van der Waals surface area contributed by atoms with Gasteiger partial charge in [-0.05, 0) is 61.1 Å². The zero-order valence-electron chi connectivity index (χ0n) is 12.3. The van der Waals surface area contributed by atoms with Crippen molar-refractivity contribution in [1.29, 1.82) is 0 Å². The Morgan fingerprint density at radius 2 is 1.05 bits per heavy atom. The minimum Gasteiger partial charge on any atom is -0.330 e. The van der Waals surface area contributed by atoms with Gasteiger partial charge in [0.15, 0.2) is 0 Å². The zero-order valence-corrected chi connectivity index (χ0v) is 12.3. The molecule has 1 heteroatoms. The van der Waals surface area contributed by atoms with Crippen molar-refractivity contribution in [3.05, 3.63) is 69.8 Å². The van der Waals surface area contributed by atoms with Crippen molar-refractivity contribution >= 4 is 0 Å². The maximum absolute atomic E-state index is 6.11. The lowest BCUT2D eigenvalue weighted by molar-refractivity contribution is 0.791. The second kappa shape index (κ2) is 5.58. The van der Waals surface area contributed by atoms with E-state index in [2.05, 4.69) is 64.1 Å². The van der Waals surface area contributed by atoms with Crippen LogP contribution >= 0.6 is 0 Å². The molecule has 0 amide bonds. The van der Waals surface area contributed by atoms with Gasteiger partial charge in [0.1, 0.15) is 0 Å². The normalized spacial score (nSPS) is 11.1. The van der Waals surface area contributed by atoms with Crippen LogP contribution in [0.25, 0.3) is 0 Å². The molecule has 1 nitrogen and oxygen atoms in total. The topological polar surface area (TPSA) is 26.0 Å². The summed E-state index contributed by atoms with van der Waals surface area (Å²) >= 11 is 0. The predicted octanol–water partition coefficient (Wildman–Crippen LogP) is 4.01. The highest BCUT2D eigenvalue weighted by Gasteiger charge is 2.19. The molecule has 0 bridgehead atoms. The quantitative estimate of drug-likeness (QED) is 0.878. The first-order chi connectivity index (χ1) is 9.06. The Morgan fingerprint density at radius 1 is 0.737 bits per heavy atom. The van der Waals surface area contributed by atoms with Gasteiger partial charge in [0.05, 0.1) is 0 Å². The van der Waals surface area contributed by atoms with Crippen LogP contribution in [0, 0.1) is 27.7 Å². The minimum absolute atomic E-state index is 0.294. The van der Waals surface area contributed by atoms with Gasteiger partial charge in [0, 0.05) is 12.5 Å². The molecule has 0 unspecified atom stereocenters. The van der Waals surface area contributed by atoms with E-state index in [9.17, 15) is 0 Å². The summed E-state index contributed by atoms with van der Waals surface area (Å²) in [4.78, 5) is 0. The number of aryl methyl sites for hydroxylation is 4. The summed E-state index contributed by atoms with van der Waals surface area (Å²) in [6.07, 6.45) is 0. The fraction of sp³-hybridized carbons (Fsp3) is 0.333. The van der Waals surface area contributed by atoms with Crippen LogP contribution in [0.1, 0.15) is 39.3 Å². The Balaban J connectivity index is 2.64. The third-order valence-electron chi connectivity index (χ3n) is 4.02. The maximum Gasteiger partial charge on any atom is 0.0223 e. The summed E-state index contributed by atoms with van der Waals surface area (Å²) in [6, 6.07) is 13.0. The molecule has 0 radical (unpaired) electrons. The lowest BCUT2D eigenvalue weighted by Crippen LogP contribution is -2.18. The molecule has 0 aromatic heterocycles. The van der Waals surface area contributed by atoms with E-state index in [0.717, 1.165) is 0 Å². The number of hydrogen-bond acceptors (Lipinski definition) is 1. The van der Waals surface area contributed by atoms with Gasteiger partial charge in [-0.1, -0.05) is 36.4 Å². The number of benzene rings is 2. The van der Waals surface area contributed by atoms with Crippen molar-refractivity contribution in [1.82, 2.24) is 0 Å². The molecule has 0 atom stereocenters. The Morgan fingerprint density at radius 3 is 1.32 bits per heavy atom. The van der Waals surface area contributed by atoms with Crippen molar-refractivity contribution in [3.63, 3.8) is 0 Å². The molecule has 0 aliphatic heterocycles. The molecular weight excluding hydrogens is 230 g/mol. The van der Waals surface area contributed by atoms with Crippen LogP contribution in [0.4, 0.5) is 0 Å². The molecule has 0 fully saturated rings. The standard InChI is InChI=1S/C18H23N/c1-12-7-5-8-13(2)17(12)16(11-19)18-14(3)9-6-10-15(18)4/h5-10,16H,11,19H2,1-4H3. The van der Waals surface area contributed by atoms with Crippen molar-refractivity contribution in [2.75, 3.05) is 6.54 Å². The molecule has 0 saturated heterocycles. The Labute approximate surface area is 116 Å². The van der Waals surface area contributed by atoms with Gasteiger partial charge < -0.3 is 5.73 Å². The largest absolute Gasteiger partial charge is 0.330 e. The summed E-state index contributed by atoms with van der Waals surface area (Å²) in [5.74, 6) is 0.294.